The van der Waals surface area contributed by atoms with Crippen molar-refractivity contribution in [2.45, 2.75) is 57.7 Å². The van der Waals surface area contributed by atoms with Crippen molar-refractivity contribution in [2.24, 2.45) is 0 Å². The van der Waals surface area contributed by atoms with Gasteiger partial charge in [-0.15, -0.1) is 0 Å². The summed E-state index contributed by atoms with van der Waals surface area (Å²) in [7, 11) is 0. The molecule has 1 aliphatic heterocycles. The van der Waals surface area contributed by atoms with Gasteiger partial charge in [0.05, 0.1) is 19.1 Å². The Morgan fingerprint density at radius 1 is 0.745 bits per heavy atom. The SMILES string of the molecule is CCOC(=O)CCC(=O)NCCCCC(NC(=O)OCc1ccccc1)C(=O)N1CCN(C(c2ccccc2)c2ccccc2)CC1. The molecule has 1 heterocycles. The second-order valence-electron chi connectivity index (χ2n) is 11.5. The number of carbonyl (C=O) groups is 4. The van der Waals surface area contributed by atoms with E-state index in [0.29, 0.717) is 52.0 Å². The van der Waals surface area contributed by atoms with Gasteiger partial charge in [-0.3, -0.25) is 19.3 Å². The fourth-order valence-corrected chi connectivity index (χ4v) is 5.71. The quantitative estimate of drug-likeness (QED) is 0.170. The molecule has 250 valence electrons. The molecule has 1 unspecified atom stereocenters. The normalized spacial score (nSPS) is 13.9. The van der Waals surface area contributed by atoms with E-state index < -0.39 is 18.1 Å². The van der Waals surface area contributed by atoms with Crippen LogP contribution in [0.15, 0.2) is 91.0 Å². The second kappa shape index (κ2) is 19.1. The van der Waals surface area contributed by atoms with Gasteiger partial charge >= 0.3 is 12.1 Å². The molecule has 1 saturated heterocycles. The Labute approximate surface area is 277 Å². The van der Waals surface area contributed by atoms with Gasteiger partial charge in [0.25, 0.3) is 0 Å². The summed E-state index contributed by atoms with van der Waals surface area (Å²) in [6, 6.07) is 29.5. The number of nitrogens with zero attached hydrogens (tertiary/aromatic N) is 2. The zero-order valence-electron chi connectivity index (χ0n) is 27.1. The van der Waals surface area contributed by atoms with Crippen molar-refractivity contribution in [3.8, 4) is 0 Å². The first-order chi connectivity index (χ1) is 22.9. The standard InChI is InChI=1S/C37H46N4O6/c1-2-46-34(43)22-21-33(42)38-23-13-12-20-32(39-37(45)47-28-29-14-6-3-7-15-29)36(44)41-26-24-40(25-27-41)35(30-16-8-4-9-17-30)31-18-10-5-11-19-31/h3-11,14-19,32,35H,2,12-13,20-28H2,1H3,(H,38,42)(H,39,45). The number of alkyl carbamates (subject to hydrolysis) is 1. The third-order valence-corrected chi connectivity index (χ3v) is 8.13. The van der Waals surface area contributed by atoms with E-state index >= 15 is 0 Å². The molecule has 0 aromatic heterocycles. The van der Waals surface area contributed by atoms with E-state index in [9.17, 15) is 19.2 Å². The molecule has 4 rings (SSSR count). The fourth-order valence-electron chi connectivity index (χ4n) is 5.71. The lowest BCUT2D eigenvalue weighted by Crippen LogP contribution is -2.55. The monoisotopic (exact) mass is 642 g/mol. The first-order valence-corrected chi connectivity index (χ1v) is 16.5. The molecule has 2 N–H and O–H groups in total. The number of ether oxygens (including phenoxy) is 2. The molecule has 0 aliphatic carbocycles. The molecule has 0 spiro atoms. The smallest absolute Gasteiger partial charge is 0.408 e. The van der Waals surface area contributed by atoms with Gasteiger partial charge in [-0.1, -0.05) is 91.0 Å². The summed E-state index contributed by atoms with van der Waals surface area (Å²) in [5.74, 6) is -0.767. The van der Waals surface area contributed by atoms with Crippen LogP contribution in [0.3, 0.4) is 0 Å². The lowest BCUT2D eigenvalue weighted by molar-refractivity contribution is -0.144. The van der Waals surface area contributed by atoms with Gasteiger partial charge in [-0.25, -0.2) is 4.79 Å². The molecular weight excluding hydrogens is 596 g/mol. The predicted molar refractivity (Wildman–Crippen MR) is 179 cm³/mol. The average molecular weight is 643 g/mol. The summed E-state index contributed by atoms with van der Waals surface area (Å²) in [5.41, 5.74) is 3.26. The number of benzene rings is 3. The molecule has 1 atom stereocenters. The number of hydrogen-bond acceptors (Lipinski definition) is 7. The summed E-state index contributed by atoms with van der Waals surface area (Å²) in [6.45, 7) is 4.94. The highest BCUT2D eigenvalue weighted by Crippen LogP contribution is 2.29. The van der Waals surface area contributed by atoms with E-state index in [1.54, 1.807) is 6.92 Å². The largest absolute Gasteiger partial charge is 0.466 e. The van der Waals surface area contributed by atoms with Crippen LogP contribution < -0.4 is 10.6 Å². The number of amides is 3. The zero-order valence-corrected chi connectivity index (χ0v) is 27.1. The molecule has 10 heteroatoms. The number of esters is 1. The molecule has 3 amide bonds. The maximum atomic E-state index is 13.8. The van der Waals surface area contributed by atoms with Crippen LogP contribution in [0, 0.1) is 0 Å². The first kappa shape index (κ1) is 35.2. The van der Waals surface area contributed by atoms with Crippen LogP contribution in [-0.4, -0.2) is 79.0 Å². The van der Waals surface area contributed by atoms with Crippen LogP contribution in [0.25, 0.3) is 0 Å². The molecule has 1 fully saturated rings. The topological polar surface area (TPSA) is 117 Å². The Morgan fingerprint density at radius 3 is 1.94 bits per heavy atom. The van der Waals surface area contributed by atoms with Crippen molar-refractivity contribution in [1.29, 1.82) is 0 Å². The predicted octanol–water partition coefficient (Wildman–Crippen LogP) is 4.85. The van der Waals surface area contributed by atoms with E-state index in [1.807, 2.05) is 71.6 Å². The minimum absolute atomic E-state index is 0.0377. The highest BCUT2D eigenvalue weighted by atomic mass is 16.5. The summed E-state index contributed by atoms with van der Waals surface area (Å²) in [5, 5.41) is 5.62. The van der Waals surface area contributed by atoms with Gasteiger partial charge in [0.15, 0.2) is 0 Å². The van der Waals surface area contributed by atoms with E-state index in [-0.39, 0.29) is 43.9 Å². The van der Waals surface area contributed by atoms with Gasteiger partial charge in [0, 0.05) is 39.1 Å². The summed E-state index contributed by atoms with van der Waals surface area (Å²) < 4.78 is 10.3. The molecule has 0 radical (unpaired) electrons. The van der Waals surface area contributed by atoms with Crippen molar-refractivity contribution in [2.75, 3.05) is 39.3 Å². The highest BCUT2D eigenvalue weighted by Gasteiger charge is 2.32. The van der Waals surface area contributed by atoms with E-state index in [0.717, 1.165) is 5.56 Å². The minimum Gasteiger partial charge on any atom is -0.466 e. The molecule has 3 aromatic rings. The Kier molecular flexibility index (Phi) is 14.3. The lowest BCUT2D eigenvalue weighted by atomic mass is 9.96. The molecule has 3 aromatic carbocycles. The Balaban J connectivity index is 1.33. The number of nitrogens with one attached hydrogen (secondary N) is 2. The number of piperazine rings is 1. The van der Waals surface area contributed by atoms with Crippen molar-refractivity contribution in [3.63, 3.8) is 0 Å². The Bertz CT molecular complexity index is 1360. The number of carbonyl (C=O) groups excluding carboxylic acids is 4. The molecule has 0 bridgehead atoms. The van der Waals surface area contributed by atoms with Crippen LogP contribution in [0.1, 0.15) is 61.8 Å². The van der Waals surface area contributed by atoms with Gasteiger partial charge in [0.1, 0.15) is 12.6 Å². The van der Waals surface area contributed by atoms with Crippen LogP contribution in [-0.2, 0) is 30.5 Å². The minimum atomic E-state index is -0.761. The molecule has 1 aliphatic rings. The Morgan fingerprint density at radius 2 is 1.34 bits per heavy atom. The maximum Gasteiger partial charge on any atom is 0.408 e. The van der Waals surface area contributed by atoms with Gasteiger partial charge in [-0.2, -0.15) is 0 Å². The van der Waals surface area contributed by atoms with Crippen molar-refractivity contribution >= 4 is 23.9 Å². The number of hydrogen-bond donors (Lipinski definition) is 2. The van der Waals surface area contributed by atoms with E-state index in [2.05, 4.69) is 39.8 Å². The molecule has 47 heavy (non-hydrogen) atoms. The van der Waals surface area contributed by atoms with Gasteiger partial charge < -0.3 is 25.0 Å². The first-order valence-electron chi connectivity index (χ1n) is 16.5. The van der Waals surface area contributed by atoms with Crippen molar-refractivity contribution in [1.82, 2.24) is 20.4 Å². The van der Waals surface area contributed by atoms with Crippen LogP contribution in [0.2, 0.25) is 0 Å². The molecular formula is C37H46N4O6. The fraction of sp³-hybridized carbons (Fsp3) is 0.405. The molecule has 10 nitrogen and oxygen atoms in total. The van der Waals surface area contributed by atoms with Crippen LogP contribution in [0.5, 0.6) is 0 Å². The second-order valence-corrected chi connectivity index (χ2v) is 11.5. The maximum absolute atomic E-state index is 13.8. The zero-order chi connectivity index (χ0) is 33.3. The third kappa shape index (κ3) is 11.6. The van der Waals surface area contributed by atoms with Gasteiger partial charge in [-0.05, 0) is 42.9 Å². The summed E-state index contributed by atoms with van der Waals surface area (Å²) in [4.78, 5) is 54.5. The number of unbranched alkanes of at least 4 members (excludes halogenated alkanes) is 1. The van der Waals surface area contributed by atoms with E-state index in [4.69, 9.17) is 9.47 Å². The summed E-state index contributed by atoms with van der Waals surface area (Å²) in [6.07, 6.45) is 1.06. The number of rotatable bonds is 16. The lowest BCUT2D eigenvalue weighted by Gasteiger charge is -2.40. The highest BCUT2D eigenvalue weighted by molar-refractivity contribution is 5.86. The van der Waals surface area contributed by atoms with Crippen molar-refractivity contribution < 1.29 is 28.7 Å². The van der Waals surface area contributed by atoms with Crippen LogP contribution >= 0.6 is 0 Å². The molecule has 0 saturated carbocycles. The Hall–Kier alpha value is -4.70. The van der Waals surface area contributed by atoms with Crippen molar-refractivity contribution in [3.05, 3.63) is 108 Å². The third-order valence-electron chi connectivity index (χ3n) is 8.13. The van der Waals surface area contributed by atoms with Crippen LogP contribution in [0.4, 0.5) is 4.79 Å². The summed E-state index contributed by atoms with van der Waals surface area (Å²) >= 11 is 0. The van der Waals surface area contributed by atoms with Gasteiger partial charge in [0.2, 0.25) is 11.8 Å². The average Bonchev–Trinajstić information content (AvgIpc) is 3.11. The van der Waals surface area contributed by atoms with E-state index in [1.165, 1.54) is 11.1 Å².